The van der Waals surface area contributed by atoms with Gasteiger partial charge in [-0.1, -0.05) is 25.0 Å². The van der Waals surface area contributed by atoms with Crippen LogP contribution in [0.1, 0.15) is 31.2 Å². The average molecular weight is 252 g/mol. The van der Waals surface area contributed by atoms with Crippen molar-refractivity contribution in [2.45, 2.75) is 36.7 Å². The molecular weight excluding hydrogens is 236 g/mol. The number of nitrogens with two attached hydrogens (primary N) is 1. The van der Waals surface area contributed by atoms with Gasteiger partial charge in [-0.05, 0) is 18.4 Å². The fourth-order valence-corrected chi connectivity index (χ4v) is 3.48. The second-order valence-corrected chi connectivity index (χ2v) is 5.61. The fraction of sp³-hybridized carbons (Fsp3) is 0.500. The molecule has 92 valence electrons. The Labute approximate surface area is 105 Å². The van der Waals surface area contributed by atoms with E-state index in [4.69, 9.17) is 5.73 Å². The third kappa shape index (κ3) is 2.91. The Bertz CT molecular complexity index is 417. The number of anilines is 1. The van der Waals surface area contributed by atoms with E-state index in [0.717, 1.165) is 11.3 Å². The van der Waals surface area contributed by atoms with Crippen molar-refractivity contribution >= 4 is 23.1 Å². The molecule has 5 heteroatoms. The van der Waals surface area contributed by atoms with Crippen molar-refractivity contribution in [1.29, 1.82) is 0 Å². The molecule has 1 aliphatic carbocycles. The highest BCUT2D eigenvalue weighted by atomic mass is 32.2. The number of hydrogen-bond donors (Lipinski definition) is 1. The van der Waals surface area contributed by atoms with Crippen molar-refractivity contribution in [3.63, 3.8) is 0 Å². The molecule has 1 fully saturated rings. The zero-order valence-corrected chi connectivity index (χ0v) is 10.4. The molecule has 2 N–H and O–H groups in total. The van der Waals surface area contributed by atoms with Crippen LogP contribution in [0.4, 0.5) is 11.4 Å². The van der Waals surface area contributed by atoms with Gasteiger partial charge in [-0.2, -0.15) is 11.8 Å². The van der Waals surface area contributed by atoms with Gasteiger partial charge >= 0.3 is 0 Å². The second kappa shape index (κ2) is 5.40. The summed E-state index contributed by atoms with van der Waals surface area (Å²) in [6.07, 6.45) is 5.14. The first kappa shape index (κ1) is 12.2. The highest BCUT2D eigenvalue weighted by Crippen LogP contribution is 2.34. The van der Waals surface area contributed by atoms with Crippen molar-refractivity contribution < 1.29 is 4.92 Å². The van der Waals surface area contributed by atoms with Gasteiger partial charge in [0.05, 0.1) is 4.92 Å². The van der Waals surface area contributed by atoms with E-state index < -0.39 is 4.92 Å². The normalized spacial score (nSPS) is 16.2. The summed E-state index contributed by atoms with van der Waals surface area (Å²) in [6.45, 7) is 0. The standard InChI is InChI=1S/C12H16N2O2S/c13-12-9(4-3-7-11(12)14(15)16)8-17-10-5-1-2-6-10/h3-4,7,10H,1-2,5-6,8,13H2. The molecule has 1 saturated carbocycles. The topological polar surface area (TPSA) is 69.2 Å². The van der Waals surface area contributed by atoms with Gasteiger partial charge in [0.1, 0.15) is 5.69 Å². The zero-order chi connectivity index (χ0) is 12.3. The molecule has 0 radical (unpaired) electrons. The summed E-state index contributed by atoms with van der Waals surface area (Å²) >= 11 is 1.87. The number of nitrogen functional groups attached to an aromatic ring is 1. The summed E-state index contributed by atoms with van der Waals surface area (Å²) in [6, 6.07) is 5.04. The van der Waals surface area contributed by atoms with Gasteiger partial charge in [0, 0.05) is 17.1 Å². The molecule has 0 unspecified atom stereocenters. The molecule has 0 aliphatic heterocycles. The minimum absolute atomic E-state index is 0.0227. The summed E-state index contributed by atoms with van der Waals surface area (Å²) < 4.78 is 0. The third-order valence-electron chi connectivity index (χ3n) is 3.15. The van der Waals surface area contributed by atoms with E-state index in [0.29, 0.717) is 10.9 Å². The first-order chi connectivity index (χ1) is 8.18. The van der Waals surface area contributed by atoms with Gasteiger partial charge in [-0.25, -0.2) is 0 Å². The number of nitrogens with zero attached hydrogens (tertiary/aromatic N) is 1. The van der Waals surface area contributed by atoms with Gasteiger partial charge in [0.2, 0.25) is 0 Å². The van der Waals surface area contributed by atoms with Crippen molar-refractivity contribution in [2.24, 2.45) is 0 Å². The highest BCUT2D eigenvalue weighted by molar-refractivity contribution is 7.99. The summed E-state index contributed by atoms with van der Waals surface area (Å²) in [4.78, 5) is 10.3. The first-order valence-electron chi connectivity index (χ1n) is 5.82. The summed E-state index contributed by atoms with van der Waals surface area (Å²) in [5.74, 6) is 0.776. The minimum Gasteiger partial charge on any atom is -0.393 e. The lowest BCUT2D eigenvalue weighted by atomic mass is 10.2. The lowest BCUT2D eigenvalue weighted by Crippen LogP contribution is -2.01. The summed E-state index contributed by atoms with van der Waals surface area (Å²) in [7, 11) is 0. The van der Waals surface area contributed by atoms with Crippen LogP contribution in [0.2, 0.25) is 0 Å². The van der Waals surface area contributed by atoms with Gasteiger partial charge in [-0.3, -0.25) is 10.1 Å². The molecule has 1 aromatic rings. The molecule has 2 rings (SSSR count). The van der Waals surface area contributed by atoms with Crippen molar-refractivity contribution in [1.82, 2.24) is 0 Å². The van der Waals surface area contributed by atoms with Crippen molar-refractivity contribution in [3.05, 3.63) is 33.9 Å². The van der Waals surface area contributed by atoms with Crippen molar-refractivity contribution in [2.75, 3.05) is 5.73 Å². The third-order valence-corrected chi connectivity index (χ3v) is 4.57. The predicted molar refractivity (Wildman–Crippen MR) is 71.1 cm³/mol. The maximum Gasteiger partial charge on any atom is 0.292 e. The van der Waals surface area contributed by atoms with Crippen LogP contribution in [0, 0.1) is 10.1 Å². The Kier molecular flexibility index (Phi) is 3.89. The summed E-state index contributed by atoms with van der Waals surface area (Å²) in [5, 5.41) is 11.5. The van der Waals surface area contributed by atoms with Crippen LogP contribution in [0.3, 0.4) is 0 Å². The molecule has 1 aliphatic rings. The van der Waals surface area contributed by atoms with E-state index >= 15 is 0 Å². The Hall–Kier alpha value is -1.23. The number of hydrogen-bond acceptors (Lipinski definition) is 4. The molecule has 1 aromatic carbocycles. The van der Waals surface area contributed by atoms with Crippen LogP contribution < -0.4 is 5.73 Å². The molecule has 17 heavy (non-hydrogen) atoms. The van der Waals surface area contributed by atoms with E-state index in [1.54, 1.807) is 6.07 Å². The minimum atomic E-state index is -0.418. The van der Waals surface area contributed by atoms with E-state index in [-0.39, 0.29) is 5.69 Å². The van der Waals surface area contributed by atoms with Crippen LogP contribution in [-0.4, -0.2) is 10.2 Å². The zero-order valence-electron chi connectivity index (χ0n) is 9.59. The average Bonchev–Trinajstić information content (AvgIpc) is 2.80. The maximum absolute atomic E-state index is 10.8. The lowest BCUT2D eigenvalue weighted by Gasteiger charge is -2.10. The van der Waals surface area contributed by atoms with E-state index in [1.807, 2.05) is 17.8 Å². The van der Waals surface area contributed by atoms with Gasteiger partial charge in [-0.15, -0.1) is 0 Å². The van der Waals surface area contributed by atoms with E-state index in [9.17, 15) is 10.1 Å². The highest BCUT2D eigenvalue weighted by Gasteiger charge is 2.18. The van der Waals surface area contributed by atoms with Crippen LogP contribution in [0.15, 0.2) is 18.2 Å². The van der Waals surface area contributed by atoms with E-state index in [2.05, 4.69) is 0 Å². The Balaban J connectivity index is 2.04. The fourth-order valence-electron chi connectivity index (χ4n) is 2.15. The largest absolute Gasteiger partial charge is 0.393 e. The van der Waals surface area contributed by atoms with Crippen LogP contribution in [0.5, 0.6) is 0 Å². The Morgan fingerprint density at radius 3 is 2.76 bits per heavy atom. The van der Waals surface area contributed by atoms with Crippen LogP contribution in [0.25, 0.3) is 0 Å². The molecule has 0 amide bonds. The van der Waals surface area contributed by atoms with E-state index in [1.165, 1.54) is 31.7 Å². The molecule has 0 saturated heterocycles. The summed E-state index contributed by atoms with van der Waals surface area (Å²) in [5.41, 5.74) is 7.04. The molecule has 0 bridgehead atoms. The number of rotatable bonds is 4. The Morgan fingerprint density at radius 1 is 1.41 bits per heavy atom. The SMILES string of the molecule is Nc1c(CSC2CCCC2)cccc1[N+](=O)[O-]. The van der Waals surface area contributed by atoms with Gasteiger partial charge < -0.3 is 5.73 Å². The number of nitro groups is 1. The molecule has 0 atom stereocenters. The lowest BCUT2D eigenvalue weighted by molar-refractivity contribution is -0.383. The number of para-hydroxylation sites is 1. The van der Waals surface area contributed by atoms with Gasteiger partial charge in [0.25, 0.3) is 5.69 Å². The number of thioether (sulfide) groups is 1. The second-order valence-electron chi connectivity index (χ2n) is 4.32. The monoisotopic (exact) mass is 252 g/mol. The van der Waals surface area contributed by atoms with Crippen molar-refractivity contribution in [3.8, 4) is 0 Å². The molecular formula is C12H16N2O2S. The molecule has 0 heterocycles. The van der Waals surface area contributed by atoms with Gasteiger partial charge in [0.15, 0.2) is 0 Å². The first-order valence-corrected chi connectivity index (χ1v) is 6.86. The number of benzene rings is 1. The molecule has 4 nitrogen and oxygen atoms in total. The molecule has 0 spiro atoms. The smallest absolute Gasteiger partial charge is 0.292 e. The van der Waals surface area contributed by atoms with Crippen LogP contribution in [-0.2, 0) is 5.75 Å². The maximum atomic E-state index is 10.8. The molecule has 0 aromatic heterocycles. The van der Waals surface area contributed by atoms with Crippen LogP contribution >= 0.6 is 11.8 Å². The Morgan fingerprint density at radius 2 is 2.12 bits per heavy atom. The number of nitro benzene ring substituents is 1. The quantitative estimate of drug-likeness (QED) is 0.507. The predicted octanol–water partition coefficient (Wildman–Crippen LogP) is 3.35.